The zero-order valence-corrected chi connectivity index (χ0v) is 18.8. The molecule has 0 aliphatic carbocycles. The van der Waals surface area contributed by atoms with Crippen LogP contribution < -0.4 is 19.7 Å². The summed E-state index contributed by atoms with van der Waals surface area (Å²) >= 11 is 0. The number of fused-ring (bicyclic) bond motifs is 1. The number of nitrogens with zero attached hydrogens (tertiary/aromatic N) is 3. The highest BCUT2D eigenvalue weighted by Crippen LogP contribution is 2.35. The van der Waals surface area contributed by atoms with E-state index in [9.17, 15) is 22.9 Å². The SMILES string of the molecule is CN=C(Nc1cc([N+](=O)[O-])c(F)cc1OC)NC1Cc2ccccc2N1S(=O)(=O)C(C)C. The number of methoxy groups -OCH3 is 1. The molecule has 2 aromatic rings. The van der Waals surface area contributed by atoms with Crippen LogP contribution in [0.1, 0.15) is 19.4 Å². The molecular formula is C20H24FN5O5S. The van der Waals surface area contributed by atoms with E-state index in [4.69, 9.17) is 4.74 Å². The zero-order valence-electron chi connectivity index (χ0n) is 18.0. The first kappa shape index (κ1) is 23.3. The number of nitro benzene ring substituents is 1. The van der Waals surface area contributed by atoms with Crippen molar-refractivity contribution in [2.24, 2.45) is 4.99 Å². The molecule has 32 heavy (non-hydrogen) atoms. The highest BCUT2D eigenvalue weighted by molar-refractivity contribution is 7.93. The Morgan fingerprint density at radius 1 is 1.34 bits per heavy atom. The van der Waals surface area contributed by atoms with Crippen molar-refractivity contribution in [1.82, 2.24) is 5.32 Å². The largest absolute Gasteiger partial charge is 0.494 e. The second kappa shape index (κ2) is 8.99. The van der Waals surface area contributed by atoms with E-state index < -0.39 is 37.9 Å². The predicted octanol–water partition coefficient (Wildman–Crippen LogP) is 2.86. The van der Waals surface area contributed by atoms with Crippen molar-refractivity contribution in [1.29, 1.82) is 0 Å². The lowest BCUT2D eigenvalue weighted by molar-refractivity contribution is -0.387. The van der Waals surface area contributed by atoms with Crippen molar-refractivity contribution in [2.45, 2.75) is 31.7 Å². The van der Waals surface area contributed by atoms with Crippen molar-refractivity contribution in [2.75, 3.05) is 23.8 Å². The summed E-state index contributed by atoms with van der Waals surface area (Å²) in [6.07, 6.45) is -0.309. The summed E-state index contributed by atoms with van der Waals surface area (Å²) in [7, 11) is -0.918. The van der Waals surface area contributed by atoms with Crippen LogP contribution in [0, 0.1) is 15.9 Å². The van der Waals surface area contributed by atoms with Gasteiger partial charge in [-0.05, 0) is 25.5 Å². The fourth-order valence-electron chi connectivity index (χ4n) is 3.40. The number of guanidine groups is 1. The Labute approximate surface area is 185 Å². The van der Waals surface area contributed by atoms with Crippen LogP contribution in [0.2, 0.25) is 0 Å². The van der Waals surface area contributed by atoms with Crippen molar-refractivity contribution >= 4 is 33.0 Å². The smallest absolute Gasteiger partial charge is 0.307 e. The molecule has 1 unspecified atom stereocenters. The molecule has 2 aromatic carbocycles. The lowest BCUT2D eigenvalue weighted by Gasteiger charge is -2.30. The van der Waals surface area contributed by atoms with E-state index in [1.807, 2.05) is 12.1 Å². The van der Waals surface area contributed by atoms with Gasteiger partial charge in [0.05, 0.1) is 28.7 Å². The molecule has 3 rings (SSSR count). The van der Waals surface area contributed by atoms with E-state index in [0.29, 0.717) is 12.1 Å². The number of benzene rings is 2. The normalized spacial score (nSPS) is 16.1. The molecule has 0 aromatic heterocycles. The van der Waals surface area contributed by atoms with Crippen LogP contribution in [-0.4, -0.2) is 44.9 Å². The van der Waals surface area contributed by atoms with Gasteiger partial charge in [0.25, 0.3) is 0 Å². The van der Waals surface area contributed by atoms with Gasteiger partial charge in [-0.1, -0.05) is 18.2 Å². The summed E-state index contributed by atoms with van der Waals surface area (Å²) in [5.74, 6) is -0.885. The van der Waals surface area contributed by atoms with Gasteiger partial charge in [-0.2, -0.15) is 4.39 Å². The van der Waals surface area contributed by atoms with E-state index in [2.05, 4.69) is 15.6 Å². The van der Waals surface area contributed by atoms with Gasteiger partial charge in [0.1, 0.15) is 11.9 Å². The number of nitro groups is 1. The van der Waals surface area contributed by atoms with Crippen LogP contribution in [-0.2, 0) is 16.4 Å². The minimum atomic E-state index is -3.68. The Bertz CT molecular complexity index is 1170. The number of anilines is 2. The summed E-state index contributed by atoms with van der Waals surface area (Å²) < 4.78 is 46.6. The number of hydrogen-bond acceptors (Lipinski definition) is 6. The van der Waals surface area contributed by atoms with Crippen LogP contribution >= 0.6 is 0 Å². The van der Waals surface area contributed by atoms with Crippen LogP contribution in [0.4, 0.5) is 21.5 Å². The van der Waals surface area contributed by atoms with E-state index >= 15 is 0 Å². The van der Waals surface area contributed by atoms with Crippen LogP contribution in [0.5, 0.6) is 5.75 Å². The van der Waals surface area contributed by atoms with Gasteiger partial charge in [0.15, 0.2) is 5.96 Å². The van der Waals surface area contributed by atoms with Gasteiger partial charge in [-0.3, -0.25) is 15.1 Å². The lowest BCUT2D eigenvalue weighted by Crippen LogP contribution is -2.52. The monoisotopic (exact) mass is 465 g/mol. The van der Waals surface area contributed by atoms with Gasteiger partial charge < -0.3 is 15.4 Å². The van der Waals surface area contributed by atoms with Gasteiger partial charge in [-0.15, -0.1) is 0 Å². The van der Waals surface area contributed by atoms with Crippen LogP contribution in [0.25, 0.3) is 0 Å². The first-order valence-electron chi connectivity index (χ1n) is 9.73. The van der Waals surface area contributed by atoms with Crippen LogP contribution in [0.15, 0.2) is 41.4 Å². The molecular weight excluding hydrogens is 441 g/mol. The minimum Gasteiger partial charge on any atom is -0.494 e. The van der Waals surface area contributed by atoms with Crippen molar-refractivity contribution < 1.29 is 22.5 Å². The maximum Gasteiger partial charge on any atom is 0.307 e. The molecule has 2 N–H and O–H groups in total. The number of nitrogens with one attached hydrogen (secondary N) is 2. The molecule has 0 fully saturated rings. The molecule has 12 heteroatoms. The molecule has 0 radical (unpaired) electrons. The summed E-state index contributed by atoms with van der Waals surface area (Å²) in [6.45, 7) is 3.20. The number of rotatable bonds is 6. The third kappa shape index (κ3) is 4.31. The van der Waals surface area contributed by atoms with Gasteiger partial charge in [0.2, 0.25) is 15.8 Å². The molecule has 0 saturated carbocycles. The molecule has 0 spiro atoms. The van der Waals surface area contributed by atoms with Gasteiger partial charge in [-0.25, -0.2) is 12.7 Å². The third-order valence-electron chi connectivity index (χ3n) is 5.04. The molecule has 0 bridgehead atoms. The quantitative estimate of drug-likeness (QED) is 0.291. The molecule has 1 atom stereocenters. The second-order valence-corrected chi connectivity index (χ2v) is 9.71. The first-order valence-corrected chi connectivity index (χ1v) is 11.2. The Hall–Kier alpha value is -3.41. The molecule has 10 nitrogen and oxygen atoms in total. The number of halogens is 1. The highest BCUT2D eigenvalue weighted by Gasteiger charge is 2.39. The second-order valence-electron chi connectivity index (χ2n) is 7.34. The van der Waals surface area contributed by atoms with Gasteiger partial charge >= 0.3 is 5.69 Å². The summed E-state index contributed by atoms with van der Waals surface area (Å²) in [4.78, 5) is 14.4. The minimum absolute atomic E-state index is 0.0254. The summed E-state index contributed by atoms with van der Waals surface area (Å²) in [5, 5.41) is 16.4. The van der Waals surface area contributed by atoms with Crippen molar-refractivity contribution in [3.8, 4) is 5.75 Å². The third-order valence-corrected chi connectivity index (χ3v) is 7.23. The average Bonchev–Trinajstić information content (AvgIpc) is 3.12. The molecule has 1 aliphatic rings. The fraction of sp³-hybridized carbons (Fsp3) is 0.350. The van der Waals surface area contributed by atoms with Crippen molar-refractivity contribution in [3.63, 3.8) is 0 Å². The Morgan fingerprint density at radius 2 is 2.03 bits per heavy atom. The predicted molar refractivity (Wildman–Crippen MR) is 120 cm³/mol. The molecule has 0 saturated heterocycles. The lowest BCUT2D eigenvalue weighted by atomic mass is 10.1. The van der Waals surface area contributed by atoms with Crippen molar-refractivity contribution in [3.05, 3.63) is 57.9 Å². The topological polar surface area (TPSA) is 126 Å². The maximum atomic E-state index is 14.0. The molecule has 172 valence electrons. The number of aliphatic imine (C=N–C) groups is 1. The van der Waals surface area contributed by atoms with Gasteiger partial charge in [0, 0.05) is 25.6 Å². The number of para-hydroxylation sites is 1. The molecule has 1 heterocycles. The highest BCUT2D eigenvalue weighted by atomic mass is 32.2. The summed E-state index contributed by atoms with van der Waals surface area (Å²) in [5.41, 5.74) is 0.785. The Kier molecular flexibility index (Phi) is 6.53. The Balaban J connectivity index is 1.94. The number of hydrogen-bond donors (Lipinski definition) is 2. The van der Waals surface area contributed by atoms with E-state index in [1.54, 1.807) is 26.0 Å². The zero-order chi connectivity index (χ0) is 23.6. The number of sulfonamides is 1. The fourth-order valence-corrected chi connectivity index (χ4v) is 4.79. The maximum absolute atomic E-state index is 14.0. The Morgan fingerprint density at radius 3 is 2.62 bits per heavy atom. The summed E-state index contributed by atoms with van der Waals surface area (Å²) in [6, 6.07) is 9.07. The van der Waals surface area contributed by atoms with Crippen LogP contribution in [0.3, 0.4) is 0 Å². The average molecular weight is 466 g/mol. The number of ether oxygens (including phenoxy) is 1. The standard InChI is InChI=1S/C20H24FN5O5S/c1-12(2)32(29,30)25-16-8-6-5-7-13(16)9-19(25)24-20(22-3)23-15-11-17(26(27)28)14(21)10-18(15)31-4/h5-8,10-12,19H,9H2,1-4H3,(H2,22,23,24). The molecule has 0 amide bonds. The van der Waals surface area contributed by atoms with E-state index in [1.165, 1.54) is 18.5 Å². The molecule has 1 aliphatic heterocycles. The first-order chi connectivity index (χ1) is 15.1. The van der Waals surface area contributed by atoms with E-state index in [-0.39, 0.29) is 17.4 Å². The van der Waals surface area contributed by atoms with E-state index in [0.717, 1.165) is 17.7 Å².